The number of benzene rings is 1. The Morgan fingerprint density at radius 3 is 2.65 bits per heavy atom. The predicted octanol–water partition coefficient (Wildman–Crippen LogP) is 2.14. The van der Waals surface area contributed by atoms with Crippen LogP contribution in [0.25, 0.3) is 0 Å². The molecular formula is C15H16N4O. The minimum atomic E-state index is -0.566. The molecule has 0 spiro atoms. The number of hydrogen-bond donors (Lipinski definition) is 2. The number of rotatable bonds is 5. The van der Waals surface area contributed by atoms with Gasteiger partial charge in [-0.3, -0.25) is 9.78 Å². The van der Waals surface area contributed by atoms with E-state index in [1.165, 1.54) is 24.6 Å². The Kier molecular flexibility index (Phi) is 3.33. The molecule has 5 heteroatoms. The van der Waals surface area contributed by atoms with E-state index >= 15 is 0 Å². The van der Waals surface area contributed by atoms with Crippen molar-refractivity contribution >= 4 is 11.7 Å². The first kappa shape index (κ1) is 12.6. The van der Waals surface area contributed by atoms with E-state index in [4.69, 9.17) is 5.73 Å². The average Bonchev–Trinajstić information content (AvgIpc) is 3.30. The summed E-state index contributed by atoms with van der Waals surface area (Å²) >= 11 is 0. The topological polar surface area (TPSA) is 80.9 Å². The van der Waals surface area contributed by atoms with Gasteiger partial charge in [0.05, 0.1) is 18.4 Å². The predicted molar refractivity (Wildman–Crippen MR) is 76.1 cm³/mol. The van der Waals surface area contributed by atoms with Gasteiger partial charge in [-0.15, -0.1) is 0 Å². The van der Waals surface area contributed by atoms with E-state index in [1.807, 2.05) is 18.2 Å². The lowest BCUT2D eigenvalue weighted by atomic mass is 10.0. The lowest BCUT2D eigenvalue weighted by molar-refractivity contribution is 0.0995. The van der Waals surface area contributed by atoms with Crippen molar-refractivity contribution in [2.24, 2.45) is 11.7 Å². The summed E-state index contributed by atoms with van der Waals surface area (Å²) < 4.78 is 0. The molecule has 1 atom stereocenters. The fourth-order valence-electron chi connectivity index (χ4n) is 2.28. The van der Waals surface area contributed by atoms with Crippen molar-refractivity contribution < 1.29 is 4.79 Å². The molecule has 1 heterocycles. The molecule has 0 saturated heterocycles. The van der Waals surface area contributed by atoms with Gasteiger partial charge < -0.3 is 11.1 Å². The maximum absolute atomic E-state index is 11.1. The normalized spacial score (nSPS) is 15.6. The van der Waals surface area contributed by atoms with E-state index in [2.05, 4.69) is 27.4 Å². The number of nitrogens with one attached hydrogen (secondary N) is 1. The molecular weight excluding hydrogens is 252 g/mol. The average molecular weight is 268 g/mol. The van der Waals surface area contributed by atoms with Crippen LogP contribution in [0.15, 0.2) is 42.7 Å². The van der Waals surface area contributed by atoms with Crippen molar-refractivity contribution in [2.45, 2.75) is 18.9 Å². The first-order chi connectivity index (χ1) is 9.74. The number of nitrogens with zero attached hydrogens (tertiary/aromatic N) is 2. The Morgan fingerprint density at radius 1 is 1.25 bits per heavy atom. The summed E-state index contributed by atoms with van der Waals surface area (Å²) in [5, 5.41) is 3.37. The van der Waals surface area contributed by atoms with Gasteiger partial charge in [0.15, 0.2) is 0 Å². The summed E-state index contributed by atoms with van der Waals surface area (Å²) in [7, 11) is 0. The highest BCUT2D eigenvalue weighted by atomic mass is 16.1. The Labute approximate surface area is 117 Å². The Balaban J connectivity index is 1.84. The lowest BCUT2D eigenvalue weighted by Crippen LogP contribution is -2.17. The molecule has 5 nitrogen and oxygen atoms in total. The van der Waals surface area contributed by atoms with E-state index in [9.17, 15) is 4.79 Å². The maximum atomic E-state index is 11.1. The monoisotopic (exact) mass is 268 g/mol. The van der Waals surface area contributed by atoms with Crippen molar-refractivity contribution in [3.8, 4) is 0 Å². The largest absolute Gasteiger partial charge is 0.364 e. The molecule has 1 fully saturated rings. The summed E-state index contributed by atoms with van der Waals surface area (Å²) in [6, 6.07) is 10.5. The molecule has 20 heavy (non-hydrogen) atoms. The summed E-state index contributed by atoms with van der Waals surface area (Å²) in [6.07, 6.45) is 5.40. The van der Waals surface area contributed by atoms with Gasteiger partial charge in [0.1, 0.15) is 11.5 Å². The van der Waals surface area contributed by atoms with Crippen molar-refractivity contribution in [1.29, 1.82) is 0 Å². The second-order valence-electron chi connectivity index (χ2n) is 5.02. The third-order valence-electron chi connectivity index (χ3n) is 3.44. The number of carbonyl (C=O) groups is 1. The van der Waals surface area contributed by atoms with Crippen molar-refractivity contribution in [3.63, 3.8) is 0 Å². The Bertz CT molecular complexity index is 610. The Morgan fingerprint density at radius 2 is 2.00 bits per heavy atom. The third kappa shape index (κ3) is 2.77. The molecule has 1 saturated carbocycles. The highest BCUT2D eigenvalue weighted by molar-refractivity contribution is 5.90. The molecule has 102 valence electrons. The quantitative estimate of drug-likeness (QED) is 0.870. The Hall–Kier alpha value is -2.43. The van der Waals surface area contributed by atoms with Gasteiger partial charge in [0.25, 0.3) is 5.91 Å². The van der Waals surface area contributed by atoms with Crippen molar-refractivity contribution in [3.05, 3.63) is 54.0 Å². The molecule has 0 radical (unpaired) electrons. The van der Waals surface area contributed by atoms with Gasteiger partial charge in [-0.25, -0.2) is 4.98 Å². The number of primary amides is 1. The first-order valence-electron chi connectivity index (χ1n) is 6.67. The van der Waals surface area contributed by atoms with Crippen molar-refractivity contribution in [2.75, 3.05) is 5.32 Å². The van der Waals surface area contributed by atoms with Crippen LogP contribution in [-0.2, 0) is 0 Å². The van der Waals surface area contributed by atoms with Crippen molar-refractivity contribution in [1.82, 2.24) is 9.97 Å². The summed E-state index contributed by atoms with van der Waals surface area (Å²) in [5.74, 6) is 0.627. The fraction of sp³-hybridized carbons (Fsp3) is 0.267. The van der Waals surface area contributed by atoms with Crippen LogP contribution in [0, 0.1) is 5.92 Å². The number of carbonyl (C=O) groups excluding carboxylic acids is 1. The first-order valence-corrected chi connectivity index (χ1v) is 6.67. The molecule has 0 bridgehead atoms. The van der Waals surface area contributed by atoms with E-state index in [0.29, 0.717) is 11.7 Å². The van der Waals surface area contributed by atoms with Crippen LogP contribution in [0.1, 0.15) is 34.9 Å². The van der Waals surface area contributed by atoms with E-state index < -0.39 is 5.91 Å². The molecule has 1 amide bonds. The SMILES string of the molecule is NC(=O)c1cncc(NC(c2ccccc2)C2CC2)n1. The van der Waals surface area contributed by atoms with Crippen LogP contribution < -0.4 is 11.1 Å². The van der Waals surface area contributed by atoms with Gasteiger partial charge >= 0.3 is 0 Å². The lowest BCUT2D eigenvalue weighted by Gasteiger charge is -2.19. The zero-order valence-electron chi connectivity index (χ0n) is 11.0. The summed E-state index contributed by atoms with van der Waals surface area (Å²) in [5.41, 5.74) is 6.63. The van der Waals surface area contributed by atoms with Gasteiger partial charge in [-0.05, 0) is 24.3 Å². The summed E-state index contributed by atoms with van der Waals surface area (Å²) in [4.78, 5) is 19.4. The van der Waals surface area contributed by atoms with Gasteiger partial charge in [-0.1, -0.05) is 30.3 Å². The molecule has 3 N–H and O–H groups in total. The number of amides is 1. The van der Waals surface area contributed by atoms with Gasteiger partial charge in [0.2, 0.25) is 0 Å². The highest BCUT2D eigenvalue weighted by Gasteiger charge is 2.32. The van der Waals surface area contributed by atoms with Crippen LogP contribution in [0.5, 0.6) is 0 Å². The maximum Gasteiger partial charge on any atom is 0.268 e. The van der Waals surface area contributed by atoms with Crippen LogP contribution in [0.4, 0.5) is 5.82 Å². The smallest absolute Gasteiger partial charge is 0.268 e. The van der Waals surface area contributed by atoms with Crippen LogP contribution in [0.3, 0.4) is 0 Å². The minimum Gasteiger partial charge on any atom is -0.364 e. The van der Waals surface area contributed by atoms with Gasteiger partial charge in [-0.2, -0.15) is 0 Å². The van der Waals surface area contributed by atoms with Crippen LogP contribution in [0.2, 0.25) is 0 Å². The van der Waals surface area contributed by atoms with Crippen LogP contribution >= 0.6 is 0 Å². The third-order valence-corrected chi connectivity index (χ3v) is 3.44. The number of aromatic nitrogens is 2. The van der Waals surface area contributed by atoms with E-state index in [0.717, 1.165) is 0 Å². The van der Waals surface area contributed by atoms with E-state index in [-0.39, 0.29) is 11.7 Å². The minimum absolute atomic E-state index is 0.178. The standard InChI is InChI=1S/C15H16N4O/c16-15(20)12-8-17-9-13(18-12)19-14(11-6-7-11)10-4-2-1-3-5-10/h1-5,8-9,11,14H,6-7H2,(H2,16,20)(H,18,19). The zero-order valence-corrected chi connectivity index (χ0v) is 11.0. The summed E-state index contributed by atoms with van der Waals surface area (Å²) in [6.45, 7) is 0. The molecule has 1 aliphatic rings. The molecule has 1 unspecified atom stereocenters. The van der Waals surface area contributed by atoms with E-state index in [1.54, 1.807) is 6.20 Å². The number of hydrogen-bond acceptors (Lipinski definition) is 4. The van der Waals surface area contributed by atoms with Gasteiger partial charge in [0, 0.05) is 0 Å². The molecule has 0 aliphatic heterocycles. The molecule has 3 rings (SSSR count). The number of nitrogens with two attached hydrogens (primary N) is 1. The van der Waals surface area contributed by atoms with Crippen LogP contribution in [-0.4, -0.2) is 15.9 Å². The molecule has 1 aromatic carbocycles. The second-order valence-corrected chi connectivity index (χ2v) is 5.02. The molecule has 2 aromatic rings. The second kappa shape index (κ2) is 5.28. The zero-order chi connectivity index (χ0) is 13.9. The molecule has 1 aromatic heterocycles. The fourth-order valence-corrected chi connectivity index (χ4v) is 2.28. The number of anilines is 1. The molecule has 1 aliphatic carbocycles. The highest BCUT2D eigenvalue weighted by Crippen LogP contribution is 2.42.